The average molecular weight is 408 g/mol. The lowest BCUT2D eigenvalue weighted by atomic mass is 9.98. The summed E-state index contributed by atoms with van der Waals surface area (Å²) in [6.07, 6.45) is 7.93. The molecule has 2 rings (SSSR count). The van der Waals surface area contributed by atoms with Gasteiger partial charge in [0.15, 0.2) is 0 Å². The summed E-state index contributed by atoms with van der Waals surface area (Å²) in [5.41, 5.74) is 0.635. The zero-order valence-corrected chi connectivity index (χ0v) is 18.4. The predicted octanol–water partition coefficient (Wildman–Crippen LogP) is 3.14. The van der Waals surface area contributed by atoms with Gasteiger partial charge in [0.2, 0.25) is 11.8 Å². The Labute approximate surface area is 174 Å². The first-order valence-electron chi connectivity index (χ1n) is 10.9. The first-order valence-corrected chi connectivity index (χ1v) is 10.9. The summed E-state index contributed by atoms with van der Waals surface area (Å²) in [4.78, 5) is 38.0. The lowest BCUT2D eigenvalue weighted by Crippen LogP contribution is -2.46. The summed E-state index contributed by atoms with van der Waals surface area (Å²) in [5, 5.41) is 5.70. The number of carbonyl (C=O) groups is 3. The number of likely N-dealkylation sites (tertiary alicyclic amines) is 1. The summed E-state index contributed by atoms with van der Waals surface area (Å²) in [6.45, 7) is 8.96. The first kappa shape index (κ1) is 23.2. The SMILES string of the molecule is C/C(=C\C(=O)NC1CCN(C(=O)CCNC(=O)OC(C)(C)C)CC1)C1CCCC1. The van der Waals surface area contributed by atoms with Crippen LogP contribution in [0.1, 0.15) is 72.6 Å². The van der Waals surface area contributed by atoms with Crippen molar-refractivity contribution in [2.75, 3.05) is 19.6 Å². The second kappa shape index (κ2) is 10.6. The smallest absolute Gasteiger partial charge is 0.407 e. The van der Waals surface area contributed by atoms with Gasteiger partial charge in [-0.2, -0.15) is 0 Å². The van der Waals surface area contributed by atoms with E-state index in [2.05, 4.69) is 17.6 Å². The van der Waals surface area contributed by atoms with Crippen molar-refractivity contribution >= 4 is 17.9 Å². The molecule has 0 unspecified atom stereocenters. The van der Waals surface area contributed by atoms with Gasteiger partial charge in [0.25, 0.3) is 0 Å². The lowest BCUT2D eigenvalue weighted by molar-refractivity contribution is -0.132. The van der Waals surface area contributed by atoms with Crippen LogP contribution < -0.4 is 10.6 Å². The molecule has 2 N–H and O–H groups in total. The molecule has 2 aliphatic rings. The van der Waals surface area contributed by atoms with E-state index in [1.165, 1.54) is 31.3 Å². The molecule has 0 bridgehead atoms. The Morgan fingerprint density at radius 2 is 1.69 bits per heavy atom. The minimum atomic E-state index is -0.550. The predicted molar refractivity (Wildman–Crippen MR) is 112 cm³/mol. The number of nitrogens with zero attached hydrogens (tertiary/aromatic N) is 1. The molecule has 1 aliphatic heterocycles. The van der Waals surface area contributed by atoms with Crippen molar-refractivity contribution < 1.29 is 19.1 Å². The Bertz CT molecular complexity index is 610. The quantitative estimate of drug-likeness (QED) is 0.662. The van der Waals surface area contributed by atoms with E-state index in [9.17, 15) is 14.4 Å². The number of hydrogen-bond acceptors (Lipinski definition) is 4. The molecule has 1 heterocycles. The highest BCUT2D eigenvalue weighted by Crippen LogP contribution is 2.30. The van der Waals surface area contributed by atoms with Crippen molar-refractivity contribution in [1.82, 2.24) is 15.5 Å². The zero-order valence-electron chi connectivity index (χ0n) is 18.4. The summed E-state index contributed by atoms with van der Waals surface area (Å²) < 4.78 is 5.16. The molecule has 7 nitrogen and oxygen atoms in total. The molecule has 0 aromatic rings. The van der Waals surface area contributed by atoms with Gasteiger partial charge in [0.05, 0.1) is 0 Å². The van der Waals surface area contributed by atoms with E-state index in [1.54, 1.807) is 31.7 Å². The lowest BCUT2D eigenvalue weighted by Gasteiger charge is -2.32. The maximum absolute atomic E-state index is 12.3. The third kappa shape index (κ3) is 8.46. The molecule has 1 aliphatic carbocycles. The number of amides is 3. The molecule has 3 amide bonds. The van der Waals surface area contributed by atoms with E-state index in [0.29, 0.717) is 19.0 Å². The third-order valence-electron chi connectivity index (χ3n) is 5.56. The number of piperidine rings is 1. The number of nitrogens with one attached hydrogen (secondary N) is 2. The molecule has 0 aromatic heterocycles. The minimum absolute atomic E-state index is 0.0132. The zero-order chi connectivity index (χ0) is 21.4. The summed E-state index contributed by atoms with van der Waals surface area (Å²) >= 11 is 0. The van der Waals surface area contributed by atoms with Gasteiger partial charge < -0.3 is 20.3 Å². The van der Waals surface area contributed by atoms with Crippen LogP contribution in [0.25, 0.3) is 0 Å². The molecule has 164 valence electrons. The van der Waals surface area contributed by atoms with E-state index in [-0.39, 0.29) is 30.8 Å². The minimum Gasteiger partial charge on any atom is -0.444 e. The van der Waals surface area contributed by atoms with Crippen LogP contribution in [-0.4, -0.2) is 54.1 Å². The number of rotatable bonds is 6. The molecule has 2 fully saturated rings. The fraction of sp³-hybridized carbons (Fsp3) is 0.773. The van der Waals surface area contributed by atoms with Crippen LogP contribution in [0.15, 0.2) is 11.6 Å². The number of alkyl carbamates (subject to hydrolysis) is 1. The van der Waals surface area contributed by atoms with Crippen LogP contribution in [0.5, 0.6) is 0 Å². The number of ether oxygens (including phenoxy) is 1. The van der Waals surface area contributed by atoms with Gasteiger partial charge in [0.1, 0.15) is 5.60 Å². The molecule has 29 heavy (non-hydrogen) atoms. The Hall–Kier alpha value is -2.05. The standard InChI is InChI=1S/C22H37N3O4/c1-16(17-7-5-6-8-17)15-19(26)24-18-10-13-25(14-11-18)20(27)9-12-23-21(28)29-22(2,3)4/h15,17-18H,5-14H2,1-4H3,(H,23,28)(H,24,26)/b16-15+. The van der Waals surface area contributed by atoms with E-state index < -0.39 is 11.7 Å². The molecule has 0 atom stereocenters. The van der Waals surface area contributed by atoms with Crippen molar-refractivity contribution in [3.8, 4) is 0 Å². The highest BCUT2D eigenvalue weighted by molar-refractivity contribution is 5.88. The van der Waals surface area contributed by atoms with Crippen molar-refractivity contribution in [1.29, 1.82) is 0 Å². The van der Waals surface area contributed by atoms with E-state index >= 15 is 0 Å². The molecule has 1 saturated carbocycles. The fourth-order valence-corrected chi connectivity index (χ4v) is 3.97. The summed E-state index contributed by atoms with van der Waals surface area (Å²) in [5.74, 6) is 0.568. The second-order valence-electron chi connectivity index (χ2n) is 9.21. The maximum atomic E-state index is 12.3. The topological polar surface area (TPSA) is 87.7 Å². The molecule has 1 saturated heterocycles. The highest BCUT2D eigenvalue weighted by Gasteiger charge is 2.24. The van der Waals surface area contributed by atoms with Crippen molar-refractivity contribution in [3.63, 3.8) is 0 Å². The van der Waals surface area contributed by atoms with Crippen LogP contribution in [0, 0.1) is 5.92 Å². The molecule has 0 spiro atoms. The van der Waals surface area contributed by atoms with Crippen molar-refractivity contribution in [2.45, 2.75) is 84.3 Å². The normalized spacial score (nSPS) is 19.2. The van der Waals surface area contributed by atoms with Gasteiger partial charge in [-0.25, -0.2) is 4.79 Å². The Balaban J connectivity index is 1.65. The number of hydrogen-bond donors (Lipinski definition) is 2. The van der Waals surface area contributed by atoms with Gasteiger partial charge in [0, 0.05) is 38.2 Å². The average Bonchev–Trinajstić information content (AvgIpc) is 3.15. The molecule has 7 heteroatoms. The Kier molecular flexibility index (Phi) is 8.53. The van der Waals surface area contributed by atoms with Gasteiger partial charge in [-0.15, -0.1) is 0 Å². The monoisotopic (exact) mass is 407 g/mol. The van der Waals surface area contributed by atoms with E-state index in [1.807, 2.05) is 0 Å². The van der Waals surface area contributed by atoms with Gasteiger partial charge in [-0.3, -0.25) is 9.59 Å². The highest BCUT2D eigenvalue weighted by atomic mass is 16.6. The molecule has 0 aromatic carbocycles. The maximum Gasteiger partial charge on any atom is 0.407 e. The summed E-state index contributed by atoms with van der Waals surface area (Å²) in [7, 11) is 0. The Morgan fingerprint density at radius 3 is 2.28 bits per heavy atom. The Morgan fingerprint density at radius 1 is 1.07 bits per heavy atom. The van der Waals surface area contributed by atoms with Crippen LogP contribution in [-0.2, 0) is 14.3 Å². The third-order valence-corrected chi connectivity index (χ3v) is 5.56. The van der Waals surface area contributed by atoms with Crippen LogP contribution in [0.4, 0.5) is 4.79 Å². The van der Waals surface area contributed by atoms with Gasteiger partial charge in [-0.05, 0) is 59.3 Å². The largest absolute Gasteiger partial charge is 0.444 e. The van der Waals surface area contributed by atoms with Crippen LogP contribution in [0.3, 0.4) is 0 Å². The van der Waals surface area contributed by atoms with E-state index in [4.69, 9.17) is 4.74 Å². The summed E-state index contributed by atoms with van der Waals surface area (Å²) in [6, 6.07) is 0.110. The number of allylic oxidation sites excluding steroid dienone is 1. The van der Waals surface area contributed by atoms with Crippen LogP contribution in [0.2, 0.25) is 0 Å². The number of carbonyl (C=O) groups excluding carboxylic acids is 3. The van der Waals surface area contributed by atoms with Crippen molar-refractivity contribution in [3.05, 3.63) is 11.6 Å². The fourth-order valence-electron chi connectivity index (χ4n) is 3.97. The second-order valence-corrected chi connectivity index (χ2v) is 9.21. The van der Waals surface area contributed by atoms with Gasteiger partial charge >= 0.3 is 6.09 Å². The van der Waals surface area contributed by atoms with E-state index in [0.717, 1.165) is 12.8 Å². The molecule has 0 radical (unpaired) electrons. The molecular weight excluding hydrogens is 370 g/mol. The van der Waals surface area contributed by atoms with Gasteiger partial charge in [-0.1, -0.05) is 18.4 Å². The van der Waals surface area contributed by atoms with Crippen molar-refractivity contribution in [2.24, 2.45) is 5.92 Å². The van der Waals surface area contributed by atoms with Crippen LogP contribution >= 0.6 is 0 Å². The first-order chi connectivity index (χ1) is 13.6. The molecular formula is C22H37N3O4.